The second-order valence-electron chi connectivity index (χ2n) is 6.85. The van der Waals surface area contributed by atoms with Gasteiger partial charge in [0.15, 0.2) is 0 Å². The summed E-state index contributed by atoms with van der Waals surface area (Å²) >= 11 is 0. The molecule has 1 heterocycles. The highest BCUT2D eigenvalue weighted by atomic mass is 35.5. The number of halogens is 2. The molecule has 1 fully saturated rings. The molecular weight excluding hydrogens is 371 g/mol. The van der Waals surface area contributed by atoms with Crippen molar-refractivity contribution < 1.29 is 4.79 Å². The van der Waals surface area contributed by atoms with Crippen LogP contribution in [0, 0.1) is 5.92 Å². The molecule has 0 aliphatic carbocycles. The molecule has 1 aromatic rings. The fraction of sp³-hybridized carbons (Fsp3) is 0.632. The molecular formula is C19H34Cl2N4O. The van der Waals surface area contributed by atoms with Crippen LogP contribution < -0.4 is 5.32 Å². The predicted octanol–water partition coefficient (Wildman–Crippen LogP) is 1.96. The summed E-state index contributed by atoms with van der Waals surface area (Å²) in [6, 6.07) is 10.6. The van der Waals surface area contributed by atoms with Gasteiger partial charge in [-0.2, -0.15) is 0 Å². The average Bonchev–Trinajstić information content (AvgIpc) is 2.61. The first-order chi connectivity index (χ1) is 11.6. The Hall–Kier alpha value is -0.850. The standard InChI is InChI=1S/C19H32N4O.2ClH/c1-17(15-20-2)19(24)23-13-11-22(12-14-23)10-9-21(3)16-18-7-5-4-6-8-18;;/h4-8,17,20H,9-16H2,1-3H3;2*1H. The summed E-state index contributed by atoms with van der Waals surface area (Å²) in [5, 5.41) is 3.09. The number of hydrogen-bond donors (Lipinski definition) is 1. The van der Waals surface area contributed by atoms with E-state index in [2.05, 4.69) is 52.5 Å². The van der Waals surface area contributed by atoms with E-state index in [1.165, 1.54) is 5.56 Å². The molecule has 0 radical (unpaired) electrons. The number of nitrogens with one attached hydrogen (secondary N) is 1. The van der Waals surface area contributed by atoms with Crippen LogP contribution in [0.25, 0.3) is 0 Å². The van der Waals surface area contributed by atoms with E-state index < -0.39 is 0 Å². The van der Waals surface area contributed by atoms with Gasteiger partial charge in [-0.15, -0.1) is 24.8 Å². The topological polar surface area (TPSA) is 38.8 Å². The number of piperazine rings is 1. The first-order valence-electron chi connectivity index (χ1n) is 8.98. The van der Waals surface area contributed by atoms with E-state index in [0.29, 0.717) is 0 Å². The fourth-order valence-electron chi connectivity index (χ4n) is 3.18. The van der Waals surface area contributed by atoms with Crippen molar-refractivity contribution in [1.29, 1.82) is 0 Å². The zero-order valence-electron chi connectivity index (χ0n) is 16.2. The maximum Gasteiger partial charge on any atom is 0.226 e. The number of nitrogens with zero attached hydrogens (tertiary/aromatic N) is 3. The van der Waals surface area contributed by atoms with Gasteiger partial charge >= 0.3 is 0 Å². The molecule has 0 spiro atoms. The minimum atomic E-state index is 0. The van der Waals surface area contributed by atoms with Crippen molar-refractivity contribution in [3.8, 4) is 0 Å². The number of carbonyl (C=O) groups is 1. The Labute approximate surface area is 170 Å². The SMILES string of the molecule is CNCC(C)C(=O)N1CCN(CCN(C)Cc2ccccc2)CC1.Cl.Cl. The Morgan fingerprint density at radius 3 is 2.35 bits per heavy atom. The lowest BCUT2D eigenvalue weighted by atomic mass is 10.1. The normalized spacial score (nSPS) is 15.9. The minimum Gasteiger partial charge on any atom is -0.340 e. The summed E-state index contributed by atoms with van der Waals surface area (Å²) < 4.78 is 0. The molecule has 1 atom stereocenters. The summed E-state index contributed by atoms with van der Waals surface area (Å²) in [6.45, 7) is 9.54. The molecule has 1 N–H and O–H groups in total. The molecule has 1 saturated heterocycles. The predicted molar refractivity (Wildman–Crippen MR) is 113 cm³/mol. The van der Waals surface area contributed by atoms with Crippen molar-refractivity contribution >= 4 is 30.7 Å². The molecule has 7 heteroatoms. The van der Waals surface area contributed by atoms with Gasteiger partial charge in [-0.3, -0.25) is 9.69 Å². The molecule has 2 rings (SSSR count). The minimum absolute atomic E-state index is 0. The Morgan fingerprint density at radius 2 is 1.77 bits per heavy atom. The lowest BCUT2D eigenvalue weighted by Crippen LogP contribution is -2.51. The van der Waals surface area contributed by atoms with E-state index in [1.807, 2.05) is 18.9 Å². The van der Waals surface area contributed by atoms with Crippen LogP contribution in [0.3, 0.4) is 0 Å². The fourth-order valence-corrected chi connectivity index (χ4v) is 3.18. The molecule has 0 aromatic heterocycles. The molecule has 1 aliphatic heterocycles. The lowest BCUT2D eigenvalue weighted by Gasteiger charge is -2.36. The molecule has 5 nitrogen and oxygen atoms in total. The van der Waals surface area contributed by atoms with Gasteiger partial charge in [0, 0.05) is 58.3 Å². The number of benzene rings is 1. The highest BCUT2D eigenvalue weighted by molar-refractivity contribution is 5.85. The van der Waals surface area contributed by atoms with E-state index >= 15 is 0 Å². The Kier molecular flexibility index (Phi) is 12.9. The number of hydrogen-bond acceptors (Lipinski definition) is 4. The van der Waals surface area contributed by atoms with Crippen molar-refractivity contribution in [2.24, 2.45) is 5.92 Å². The quantitative estimate of drug-likeness (QED) is 0.718. The van der Waals surface area contributed by atoms with E-state index in [1.54, 1.807) is 0 Å². The summed E-state index contributed by atoms with van der Waals surface area (Å²) in [5.41, 5.74) is 1.36. The number of carbonyl (C=O) groups excluding carboxylic acids is 1. The van der Waals surface area contributed by atoms with Gasteiger partial charge in [0.2, 0.25) is 5.91 Å². The molecule has 26 heavy (non-hydrogen) atoms. The summed E-state index contributed by atoms with van der Waals surface area (Å²) in [7, 11) is 4.07. The van der Waals surface area contributed by atoms with Crippen molar-refractivity contribution in [1.82, 2.24) is 20.0 Å². The van der Waals surface area contributed by atoms with Gasteiger partial charge in [0.1, 0.15) is 0 Å². The van der Waals surface area contributed by atoms with Crippen LogP contribution in [0.5, 0.6) is 0 Å². The molecule has 0 saturated carbocycles. The van der Waals surface area contributed by atoms with Gasteiger partial charge in [-0.1, -0.05) is 37.3 Å². The van der Waals surface area contributed by atoms with E-state index in [9.17, 15) is 4.79 Å². The van der Waals surface area contributed by atoms with Gasteiger partial charge < -0.3 is 15.1 Å². The summed E-state index contributed by atoms with van der Waals surface area (Å²) in [6.07, 6.45) is 0. The van der Waals surface area contributed by atoms with Crippen molar-refractivity contribution in [2.75, 3.05) is 59.9 Å². The molecule has 1 aliphatic rings. The largest absolute Gasteiger partial charge is 0.340 e. The van der Waals surface area contributed by atoms with Crippen LogP contribution in [0.15, 0.2) is 30.3 Å². The maximum atomic E-state index is 12.3. The average molecular weight is 405 g/mol. The smallest absolute Gasteiger partial charge is 0.226 e. The third-order valence-electron chi connectivity index (χ3n) is 4.71. The Morgan fingerprint density at radius 1 is 1.15 bits per heavy atom. The maximum absolute atomic E-state index is 12.3. The van der Waals surface area contributed by atoms with Crippen LogP contribution in [-0.2, 0) is 11.3 Å². The Bertz CT molecular complexity index is 496. The highest BCUT2D eigenvalue weighted by Gasteiger charge is 2.24. The van der Waals surface area contributed by atoms with Crippen LogP contribution in [0.1, 0.15) is 12.5 Å². The van der Waals surface area contributed by atoms with E-state index in [0.717, 1.165) is 52.4 Å². The molecule has 1 unspecified atom stereocenters. The third kappa shape index (κ3) is 8.23. The molecule has 1 aromatic carbocycles. The second kappa shape index (κ2) is 13.3. The number of amides is 1. The van der Waals surface area contributed by atoms with Gasteiger partial charge in [0.25, 0.3) is 0 Å². The Balaban J connectivity index is 0.00000312. The van der Waals surface area contributed by atoms with Crippen molar-refractivity contribution in [3.05, 3.63) is 35.9 Å². The van der Waals surface area contributed by atoms with Gasteiger partial charge in [-0.25, -0.2) is 0 Å². The second-order valence-corrected chi connectivity index (χ2v) is 6.85. The van der Waals surface area contributed by atoms with E-state index in [-0.39, 0.29) is 36.6 Å². The van der Waals surface area contributed by atoms with Crippen LogP contribution in [0.4, 0.5) is 0 Å². The molecule has 0 bridgehead atoms. The van der Waals surface area contributed by atoms with Crippen molar-refractivity contribution in [3.63, 3.8) is 0 Å². The first-order valence-corrected chi connectivity index (χ1v) is 8.98. The number of rotatable bonds is 8. The van der Waals surface area contributed by atoms with Gasteiger partial charge in [-0.05, 0) is 19.7 Å². The van der Waals surface area contributed by atoms with Crippen LogP contribution in [-0.4, -0.2) is 80.5 Å². The number of likely N-dealkylation sites (N-methyl/N-ethyl adjacent to an activating group) is 1. The summed E-state index contributed by atoms with van der Waals surface area (Å²) in [4.78, 5) is 19.2. The summed E-state index contributed by atoms with van der Waals surface area (Å²) in [5.74, 6) is 0.351. The lowest BCUT2D eigenvalue weighted by molar-refractivity contribution is -0.136. The van der Waals surface area contributed by atoms with Crippen molar-refractivity contribution in [2.45, 2.75) is 13.5 Å². The van der Waals surface area contributed by atoms with E-state index in [4.69, 9.17) is 0 Å². The monoisotopic (exact) mass is 404 g/mol. The zero-order chi connectivity index (χ0) is 17.4. The third-order valence-corrected chi connectivity index (χ3v) is 4.71. The molecule has 1 amide bonds. The highest BCUT2D eigenvalue weighted by Crippen LogP contribution is 2.08. The first kappa shape index (κ1) is 25.1. The zero-order valence-corrected chi connectivity index (χ0v) is 17.8. The van der Waals surface area contributed by atoms with Gasteiger partial charge in [0.05, 0.1) is 0 Å². The van der Waals surface area contributed by atoms with Crippen LogP contribution in [0.2, 0.25) is 0 Å². The van der Waals surface area contributed by atoms with Crippen LogP contribution >= 0.6 is 24.8 Å². The molecule has 150 valence electrons.